The van der Waals surface area contributed by atoms with E-state index in [2.05, 4.69) is 32.8 Å². The molecule has 1 heterocycles. The Hall–Kier alpha value is -1.57. The van der Waals surface area contributed by atoms with Gasteiger partial charge in [0.05, 0.1) is 12.1 Å². The normalized spacial score (nSPS) is 19.5. The Balaban J connectivity index is 1.94. The Morgan fingerprint density at radius 1 is 1.19 bits per heavy atom. The molecule has 0 fully saturated rings. The molecule has 4 nitrogen and oxygen atoms in total. The molecule has 0 amide bonds. The summed E-state index contributed by atoms with van der Waals surface area (Å²) in [7, 11) is 0. The summed E-state index contributed by atoms with van der Waals surface area (Å²) in [4.78, 5) is 16.6. The standard InChI is InChI=1S/C19H23BrF3NO3/c1-2-3-4-5-6-7-8-17(25)26-18(19(21,22)23)13-16(24-27-18)14-9-11-15(20)12-10-14/h9-12H,2-8,13H2,1H3. The van der Waals surface area contributed by atoms with Gasteiger partial charge in [0, 0.05) is 10.9 Å². The van der Waals surface area contributed by atoms with Crippen molar-refractivity contribution < 1.29 is 27.5 Å². The van der Waals surface area contributed by atoms with E-state index in [1.54, 1.807) is 24.3 Å². The lowest BCUT2D eigenvalue weighted by Crippen LogP contribution is -2.49. The fraction of sp³-hybridized carbons (Fsp3) is 0.579. The number of ether oxygens (including phenoxy) is 1. The second kappa shape index (κ2) is 9.57. The summed E-state index contributed by atoms with van der Waals surface area (Å²) in [6.07, 6.45) is -0.0948. The molecule has 8 heteroatoms. The molecule has 1 atom stereocenters. The molecule has 0 radical (unpaired) electrons. The smallest absolute Gasteiger partial charge is 0.412 e. The van der Waals surface area contributed by atoms with Crippen LogP contribution in [0.4, 0.5) is 13.2 Å². The maximum atomic E-state index is 13.6. The maximum Gasteiger partial charge on any atom is 0.470 e. The highest BCUT2D eigenvalue weighted by molar-refractivity contribution is 9.10. The van der Waals surface area contributed by atoms with Gasteiger partial charge in [0.2, 0.25) is 0 Å². The van der Waals surface area contributed by atoms with Crippen LogP contribution in [0.15, 0.2) is 33.9 Å². The molecule has 1 aliphatic rings. The molecule has 0 spiro atoms. The quantitative estimate of drug-likeness (QED) is 0.336. The number of nitrogens with zero attached hydrogens (tertiary/aromatic N) is 1. The van der Waals surface area contributed by atoms with Gasteiger partial charge in [-0.3, -0.25) is 4.79 Å². The van der Waals surface area contributed by atoms with Gasteiger partial charge in [-0.05, 0) is 24.1 Å². The van der Waals surface area contributed by atoms with Crippen LogP contribution < -0.4 is 0 Å². The Morgan fingerprint density at radius 3 is 2.44 bits per heavy atom. The highest BCUT2D eigenvalue weighted by Crippen LogP contribution is 2.42. The third kappa shape index (κ3) is 5.96. The number of hydrogen-bond acceptors (Lipinski definition) is 4. The molecule has 150 valence electrons. The molecule has 0 N–H and O–H groups in total. The summed E-state index contributed by atoms with van der Waals surface area (Å²) in [6.45, 7) is 2.10. The summed E-state index contributed by atoms with van der Waals surface area (Å²) in [5.41, 5.74) is 0.573. The second-order valence-electron chi connectivity index (χ2n) is 6.56. The number of carbonyl (C=O) groups is 1. The van der Waals surface area contributed by atoms with Crippen LogP contribution in [0.5, 0.6) is 0 Å². The minimum atomic E-state index is -4.88. The Morgan fingerprint density at radius 2 is 1.81 bits per heavy atom. The van der Waals surface area contributed by atoms with Crippen LogP contribution in [-0.2, 0) is 14.4 Å². The fourth-order valence-electron chi connectivity index (χ4n) is 2.76. The van der Waals surface area contributed by atoms with E-state index >= 15 is 0 Å². The zero-order chi connectivity index (χ0) is 19.9. The summed E-state index contributed by atoms with van der Waals surface area (Å²) in [5.74, 6) is -3.97. The topological polar surface area (TPSA) is 47.9 Å². The second-order valence-corrected chi connectivity index (χ2v) is 7.47. The number of carbonyl (C=O) groups excluding carboxylic acids is 1. The van der Waals surface area contributed by atoms with E-state index in [1.807, 2.05) is 0 Å². The number of halogens is 4. The SMILES string of the molecule is CCCCCCCCC(=O)OC1(C(F)(F)F)CC(c2ccc(Br)cc2)=NO1. The number of alkyl halides is 3. The van der Waals surface area contributed by atoms with Gasteiger partial charge in [-0.25, -0.2) is 0 Å². The van der Waals surface area contributed by atoms with E-state index in [4.69, 9.17) is 4.74 Å². The van der Waals surface area contributed by atoms with Gasteiger partial charge in [-0.1, -0.05) is 72.2 Å². The van der Waals surface area contributed by atoms with Gasteiger partial charge < -0.3 is 9.57 Å². The van der Waals surface area contributed by atoms with Crippen molar-refractivity contribution in [1.82, 2.24) is 0 Å². The molecule has 1 aliphatic heterocycles. The van der Waals surface area contributed by atoms with Crippen molar-refractivity contribution in [3.05, 3.63) is 34.3 Å². The minimum Gasteiger partial charge on any atom is -0.412 e. The number of benzene rings is 1. The number of rotatable bonds is 9. The first-order valence-corrected chi connectivity index (χ1v) is 9.86. The van der Waals surface area contributed by atoms with E-state index < -0.39 is 24.4 Å². The third-order valence-corrected chi connectivity index (χ3v) is 4.85. The van der Waals surface area contributed by atoms with Crippen LogP contribution in [0.2, 0.25) is 0 Å². The monoisotopic (exact) mass is 449 g/mol. The fourth-order valence-corrected chi connectivity index (χ4v) is 3.02. The molecule has 0 bridgehead atoms. The number of hydrogen-bond donors (Lipinski definition) is 0. The molecule has 27 heavy (non-hydrogen) atoms. The summed E-state index contributed by atoms with van der Waals surface area (Å²) < 4.78 is 46.3. The van der Waals surface area contributed by atoms with Gasteiger partial charge in [0.1, 0.15) is 0 Å². The lowest BCUT2D eigenvalue weighted by atomic mass is 10.0. The largest absolute Gasteiger partial charge is 0.470 e. The highest BCUT2D eigenvalue weighted by atomic mass is 79.9. The summed E-state index contributed by atoms with van der Waals surface area (Å²) >= 11 is 3.26. The highest BCUT2D eigenvalue weighted by Gasteiger charge is 2.64. The Labute approximate surface area is 165 Å². The van der Waals surface area contributed by atoms with Crippen molar-refractivity contribution in [2.75, 3.05) is 0 Å². The van der Waals surface area contributed by atoms with Crippen molar-refractivity contribution in [1.29, 1.82) is 0 Å². The molecule has 2 rings (SSSR count). The molecule has 0 aromatic heterocycles. The van der Waals surface area contributed by atoms with Crippen LogP contribution in [0, 0.1) is 0 Å². The first-order chi connectivity index (χ1) is 12.8. The van der Waals surface area contributed by atoms with Crippen molar-refractivity contribution in [2.24, 2.45) is 5.16 Å². The summed E-state index contributed by atoms with van der Waals surface area (Å²) in [6, 6.07) is 6.62. The Bertz CT molecular complexity index is 661. The molecule has 1 aromatic carbocycles. The van der Waals surface area contributed by atoms with E-state index in [1.165, 1.54) is 0 Å². The van der Waals surface area contributed by atoms with Crippen molar-refractivity contribution >= 4 is 27.6 Å². The van der Waals surface area contributed by atoms with E-state index in [9.17, 15) is 18.0 Å². The van der Waals surface area contributed by atoms with Gasteiger partial charge in [-0.2, -0.15) is 13.2 Å². The van der Waals surface area contributed by atoms with Gasteiger partial charge in [0.15, 0.2) is 0 Å². The average molecular weight is 450 g/mol. The molecular weight excluding hydrogens is 427 g/mol. The lowest BCUT2D eigenvalue weighted by Gasteiger charge is -2.28. The van der Waals surface area contributed by atoms with Crippen molar-refractivity contribution in [2.45, 2.75) is 70.3 Å². The number of esters is 1. The molecular formula is C19H23BrF3NO3. The van der Waals surface area contributed by atoms with E-state index in [0.717, 1.165) is 36.6 Å². The average Bonchev–Trinajstić information content (AvgIpc) is 3.04. The van der Waals surface area contributed by atoms with Crippen LogP contribution in [0.3, 0.4) is 0 Å². The lowest BCUT2D eigenvalue weighted by molar-refractivity contribution is -0.358. The zero-order valence-electron chi connectivity index (χ0n) is 15.2. The van der Waals surface area contributed by atoms with Crippen LogP contribution in [-0.4, -0.2) is 23.6 Å². The van der Waals surface area contributed by atoms with Gasteiger partial charge in [0.25, 0.3) is 0 Å². The first kappa shape index (κ1) is 21.7. The maximum absolute atomic E-state index is 13.6. The van der Waals surface area contributed by atoms with Crippen LogP contribution in [0.25, 0.3) is 0 Å². The zero-order valence-corrected chi connectivity index (χ0v) is 16.7. The summed E-state index contributed by atoms with van der Waals surface area (Å²) in [5, 5.41) is 3.54. The minimum absolute atomic E-state index is 0.0685. The molecule has 1 unspecified atom stereocenters. The first-order valence-electron chi connectivity index (χ1n) is 9.07. The predicted molar refractivity (Wildman–Crippen MR) is 99.3 cm³/mol. The van der Waals surface area contributed by atoms with Crippen molar-refractivity contribution in [3.63, 3.8) is 0 Å². The van der Waals surface area contributed by atoms with Crippen LogP contribution >= 0.6 is 15.9 Å². The molecule has 0 saturated heterocycles. The Kier molecular flexibility index (Phi) is 7.70. The van der Waals surface area contributed by atoms with Gasteiger partial charge in [-0.15, -0.1) is 0 Å². The van der Waals surface area contributed by atoms with E-state index in [-0.39, 0.29) is 12.1 Å². The van der Waals surface area contributed by atoms with Gasteiger partial charge >= 0.3 is 17.9 Å². The molecule has 0 aliphatic carbocycles. The predicted octanol–water partition coefficient (Wildman–Crippen LogP) is 6.13. The molecule has 1 aromatic rings. The van der Waals surface area contributed by atoms with E-state index in [0.29, 0.717) is 12.0 Å². The number of unbranched alkanes of at least 4 members (excludes halogenated alkanes) is 5. The third-order valence-electron chi connectivity index (χ3n) is 4.33. The van der Waals surface area contributed by atoms with Crippen LogP contribution in [0.1, 0.15) is 63.9 Å². The number of oxime groups is 1. The van der Waals surface area contributed by atoms with Crippen molar-refractivity contribution in [3.8, 4) is 0 Å². The molecule has 0 saturated carbocycles.